The van der Waals surface area contributed by atoms with E-state index in [1.165, 1.54) is 10.8 Å². The summed E-state index contributed by atoms with van der Waals surface area (Å²) in [6, 6.07) is -0.542. The molecular formula is C10H16N5O8P. The molecule has 2 heterocycles. The third-order valence-electron chi connectivity index (χ3n) is 3.04. The topological polar surface area (TPSA) is 211 Å². The van der Waals surface area contributed by atoms with Crippen LogP contribution in [0, 0.1) is 6.92 Å². The number of aliphatic hydroxyl groups is 1. The van der Waals surface area contributed by atoms with Crippen LogP contribution in [0.3, 0.4) is 0 Å². The van der Waals surface area contributed by atoms with E-state index in [9.17, 15) is 9.59 Å². The Balaban J connectivity index is 0.000000505. The molecule has 14 heteroatoms. The second-order valence-electron chi connectivity index (χ2n) is 4.81. The highest BCUT2D eigenvalue weighted by atomic mass is 31.2. The van der Waals surface area contributed by atoms with E-state index in [2.05, 4.69) is 15.0 Å². The predicted octanol–water partition coefficient (Wildman–Crippen LogP) is -1.12. The van der Waals surface area contributed by atoms with Gasteiger partial charge in [0.05, 0.1) is 18.8 Å². The van der Waals surface area contributed by atoms with Crippen molar-refractivity contribution in [3.8, 4) is 0 Å². The van der Waals surface area contributed by atoms with Gasteiger partial charge in [-0.2, -0.15) is 0 Å². The van der Waals surface area contributed by atoms with Gasteiger partial charge in [-0.25, -0.2) is 9.36 Å². The van der Waals surface area contributed by atoms with E-state index < -0.39 is 37.4 Å². The van der Waals surface area contributed by atoms with Gasteiger partial charge in [0, 0.05) is 23.1 Å². The quantitative estimate of drug-likeness (QED) is 0.191. The van der Waals surface area contributed by atoms with Crippen LogP contribution in [0.5, 0.6) is 0 Å². The zero-order valence-electron chi connectivity index (χ0n) is 12.4. The van der Waals surface area contributed by atoms with Gasteiger partial charge in [0.25, 0.3) is 5.56 Å². The van der Waals surface area contributed by atoms with Gasteiger partial charge in [-0.1, -0.05) is 5.11 Å². The lowest BCUT2D eigenvalue weighted by Gasteiger charge is -2.14. The lowest BCUT2D eigenvalue weighted by atomic mass is 10.1. The van der Waals surface area contributed by atoms with Crippen LogP contribution in [-0.2, 0) is 9.30 Å². The Labute approximate surface area is 134 Å². The molecule has 0 bridgehead atoms. The summed E-state index contributed by atoms with van der Waals surface area (Å²) in [5.74, 6) is 0. The van der Waals surface area contributed by atoms with Crippen LogP contribution in [0.1, 0.15) is 18.2 Å². The van der Waals surface area contributed by atoms with Gasteiger partial charge in [0.1, 0.15) is 6.23 Å². The lowest BCUT2D eigenvalue weighted by molar-refractivity contribution is -0.0271. The molecule has 3 atom stereocenters. The summed E-state index contributed by atoms with van der Waals surface area (Å²) in [5, 5.41) is 12.7. The van der Waals surface area contributed by atoms with Crippen LogP contribution in [-0.4, -0.2) is 48.1 Å². The lowest BCUT2D eigenvalue weighted by Crippen LogP contribution is -2.33. The summed E-state index contributed by atoms with van der Waals surface area (Å²) in [6.07, 6.45) is 0.329. The molecule has 1 aliphatic heterocycles. The van der Waals surface area contributed by atoms with E-state index in [4.69, 9.17) is 34.6 Å². The Morgan fingerprint density at radius 1 is 1.50 bits per heavy atom. The van der Waals surface area contributed by atoms with E-state index in [1.54, 1.807) is 6.92 Å². The van der Waals surface area contributed by atoms with E-state index in [-0.39, 0.29) is 13.0 Å². The largest absolute Gasteiger partial charge is 0.466 e. The number of hydrogen-bond donors (Lipinski definition) is 5. The second-order valence-corrected chi connectivity index (χ2v) is 5.84. The minimum atomic E-state index is -4.64. The molecule has 1 aromatic rings. The minimum absolute atomic E-state index is 0.265. The second kappa shape index (κ2) is 8.22. The molecule has 1 aliphatic rings. The van der Waals surface area contributed by atoms with Crippen molar-refractivity contribution < 1.29 is 29.1 Å². The van der Waals surface area contributed by atoms with Crippen molar-refractivity contribution in [3.05, 3.63) is 43.0 Å². The molecule has 0 spiro atoms. The van der Waals surface area contributed by atoms with Gasteiger partial charge in [-0.05, 0) is 12.5 Å². The number of aliphatic hydroxyl groups excluding tert-OH is 1. The molecule has 0 aliphatic carbocycles. The van der Waals surface area contributed by atoms with Crippen LogP contribution >= 0.6 is 7.82 Å². The van der Waals surface area contributed by atoms with Crippen LogP contribution in [0.15, 0.2) is 20.9 Å². The monoisotopic (exact) mass is 365 g/mol. The van der Waals surface area contributed by atoms with Gasteiger partial charge < -0.3 is 24.5 Å². The van der Waals surface area contributed by atoms with Crippen LogP contribution in [0.2, 0.25) is 0 Å². The SMILES string of the molecule is Cc1cn([C@H]2C[C@H](N=[N+]=[N-])[C@@H](CO)O2)c(=O)[nH]c1=O.O=P(O)(O)O. The number of nitrogens with zero attached hydrogens (tertiary/aromatic N) is 4. The maximum absolute atomic E-state index is 11.7. The Morgan fingerprint density at radius 3 is 2.58 bits per heavy atom. The van der Waals surface area contributed by atoms with Gasteiger partial charge in [-0.3, -0.25) is 14.3 Å². The first-order valence-corrected chi connectivity index (χ1v) is 8.04. The number of nitrogens with one attached hydrogen (secondary N) is 1. The Hall–Kier alpha value is -1.98. The molecule has 0 unspecified atom stereocenters. The summed E-state index contributed by atoms with van der Waals surface area (Å²) in [6.45, 7) is 1.26. The molecule has 2 rings (SSSR count). The fraction of sp³-hybridized carbons (Fsp3) is 0.600. The number of phosphoric acid groups is 1. The molecule has 0 radical (unpaired) electrons. The number of aryl methyl sites for hydroxylation is 1. The van der Waals surface area contributed by atoms with Crippen molar-refractivity contribution in [1.29, 1.82) is 0 Å². The minimum Gasteiger partial charge on any atom is -0.394 e. The highest BCUT2D eigenvalue weighted by Crippen LogP contribution is 2.29. The third-order valence-corrected chi connectivity index (χ3v) is 3.04. The normalized spacial score (nSPS) is 23.1. The molecule has 0 saturated carbocycles. The van der Waals surface area contributed by atoms with E-state index >= 15 is 0 Å². The number of ether oxygens (including phenoxy) is 1. The number of aromatic nitrogens is 2. The first-order valence-electron chi connectivity index (χ1n) is 6.47. The molecule has 0 amide bonds. The Bertz CT molecular complexity index is 770. The number of rotatable bonds is 3. The molecule has 1 saturated heterocycles. The Kier molecular flexibility index (Phi) is 6.87. The molecule has 1 fully saturated rings. The number of azide groups is 1. The van der Waals surface area contributed by atoms with Crippen LogP contribution in [0.4, 0.5) is 0 Å². The van der Waals surface area contributed by atoms with Gasteiger partial charge >= 0.3 is 13.5 Å². The molecule has 0 aromatic carbocycles. The molecular weight excluding hydrogens is 349 g/mol. The smallest absolute Gasteiger partial charge is 0.394 e. The molecule has 24 heavy (non-hydrogen) atoms. The van der Waals surface area contributed by atoms with E-state index in [0.29, 0.717) is 5.56 Å². The van der Waals surface area contributed by atoms with Crippen molar-refractivity contribution in [2.45, 2.75) is 31.7 Å². The van der Waals surface area contributed by atoms with Crippen LogP contribution < -0.4 is 11.2 Å². The molecule has 5 N–H and O–H groups in total. The van der Waals surface area contributed by atoms with E-state index in [1.807, 2.05) is 0 Å². The van der Waals surface area contributed by atoms with Crippen molar-refractivity contribution in [3.63, 3.8) is 0 Å². The van der Waals surface area contributed by atoms with Crippen LogP contribution in [0.25, 0.3) is 10.4 Å². The van der Waals surface area contributed by atoms with Crippen molar-refractivity contribution in [2.75, 3.05) is 6.61 Å². The number of hydrogen-bond acceptors (Lipinski definition) is 6. The van der Waals surface area contributed by atoms with Crippen molar-refractivity contribution >= 4 is 7.82 Å². The number of aromatic amines is 1. The fourth-order valence-corrected chi connectivity index (χ4v) is 2.04. The standard InChI is InChI=1S/C10H13N5O4.H3O4P/c1-5-3-15(10(18)12-9(5)17)8-2-6(13-14-11)7(4-16)19-8;1-5(2,3)4/h3,6-8,16H,2,4H2,1H3,(H,12,17,18);(H3,1,2,3,4)/t6-,7+,8+;/m0./s1. The average Bonchev–Trinajstić information content (AvgIpc) is 2.84. The maximum atomic E-state index is 11.7. The predicted molar refractivity (Wildman–Crippen MR) is 78.9 cm³/mol. The summed E-state index contributed by atoms with van der Waals surface area (Å²) < 4.78 is 15.6. The van der Waals surface area contributed by atoms with Gasteiger partial charge in [-0.15, -0.1) is 0 Å². The summed E-state index contributed by atoms with van der Waals surface area (Å²) in [5.41, 5.74) is 7.76. The van der Waals surface area contributed by atoms with E-state index in [0.717, 1.165) is 0 Å². The summed E-state index contributed by atoms with van der Waals surface area (Å²) >= 11 is 0. The maximum Gasteiger partial charge on any atom is 0.466 e. The first-order chi connectivity index (χ1) is 11.1. The molecule has 13 nitrogen and oxygen atoms in total. The number of H-pyrrole nitrogens is 1. The average molecular weight is 365 g/mol. The Morgan fingerprint density at radius 2 is 2.08 bits per heavy atom. The first kappa shape index (κ1) is 20.1. The highest BCUT2D eigenvalue weighted by Gasteiger charge is 2.35. The zero-order chi connectivity index (χ0) is 18.5. The fourth-order valence-electron chi connectivity index (χ4n) is 2.04. The molecule has 134 valence electrons. The molecule has 1 aromatic heterocycles. The highest BCUT2D eigenvalue weighted by molar-refractivity contribution is 7.45. The van der Waals surface area contributed by atoms with Gasteiger partial charge in [0.2, 0.25) is 0 Å². The summed E-state index contributed by atoms with van der Waals surface area (Å²) in [7, 11) is -4.64. The zero-order valence-corrected chi connectivity index (χ0v) is 13.3. The van der Waals surface area contributed by atoms with Gasteiger partial charge in [0.15, 0.2) is 0 Å². The third kappa shape index (κ3) is 5.91. The van der Waals surface area contributed by atoms with Crippen molar-refractivity contribution in [2.24, 2.45) is 5.11 Å². The summed E-state index contributed by atoms with van der Waals surface area (Å²) in [4.78, 5) is 49.4. The van der Waals surface area contributed by atoms with Crippen molar-refractivity contribution in [1.82, 2.24) is 9.55 Å².